The van der Waals surface area contributed by atoms with E-state index in [1.54, 1.807) is 10.6 Å². The number of halogens is 1. The van der Waals surface area contributed by atoms with E-state index >= 15 is 0 Å². The van der Waals surface area contributed by atoms with Crippen molar-refractivity contribution in [3.05, 3.63) is 24.0 Å². The molecular formula is C13H16FN3O2. The van der Waals surface area contributed by atoms with Crippen LogP contribution < -0.4 is 5.32 Å². The molecule has 102 valence electrons. The maximum atomic E-state index is 13.2. The van der Waals surface area contributed by atoms with Gasteiger partial charge in [-0.1, -0.05) is 13.8 Å². The monoisotopic (exact) mass is 265 g/mol. The van der Waals surface area contributed by atoms with E-state index in [9.17, 15) is 9.18 Å². The van der Waals surface area contributed by atoms with Crippen molar-refractivity contribution in [1.82, 2.24) is 9.55 Å². The van der Waals surface area contributed by atoms with Crippen molar-refractivity contribution in [3.63, 3.8) is 0 Å². The number of imidazole rings is 1. The highest BCUT2D eigenvalue weighted by Gasteiger charge is 2.13. The standard InChI is InChI=1S/C13H16FN3O2/c1-8(2)6-15-13-16-10-5-9(14)3-4-11(10)17(13)7-12(18)19/h3-5,8H,6-7H2,1-2H3,(H,15,16)(H,18,19). The van der Waals surface area contributed by atoms with E-state index in [0.717, 1.165) is 0 Å². The highest BCUT2D eigenvalue weighted by Crippen LogP contribution is 2.21. The summed E-state index contributed by atoms with van der Waals surface area (Å²) in [6.07, 6.45) is 0. The third-order valence-corrected chi connectivity index (χ3v) is 2.67. The Morgan fingerprint density at radius 1 is 1.53 bits per heavy atom. The summed E-state index contributed by atoms with van der Waals surface area (Å²) in [5.74, 6) is -0.495. The minimum atomic E-state index is -0.962. The Labute approximate surface area is 110 Å². The number of nitrogens with zero attached hydrogens (tertiary/aromatic N) is 2. The van der Waals surface area contributed by atoms with Crippen molar-refractivity contribution in [2.75, 3.05) is 11.9 Å². The third kappa shape index (κ3) is 3.01. The molecule has 0 radical (unpaired) electrons. The van der Waals surface area contributed by atoms with Gasteiger partial charge in [0.25, 0.3) is 0 Å². The number of rotatable bonds is 5. The second-order valence-electron chi connectivity index (χ2n) is 4.82. The molecule has 5 nitrogen and oxygen atoms in total. The topological polar surface area (TPSA) is 67.2 Å². The predicted molar refractivity (Wildman–Crippen MR) is 70.7 cm³/mol. The minimum Gasteiger partial charge on any atom is -0.480 e. The molecule has 1 heterocycles. The van der Waals surface area contributed by atoms with Gasteiger partial charge in [0.15, 0.2) is 0 Å². The molecule has 1 aromatic carbocycles. The molecule has 0 spiro atoms. The van der Waals surface area contributed by atoms with Crippen LogP contribution in [0.2, 0.25) is 0 Å². The van der Waals surface area contributed by atoms with Gasteiger partial charge in [0.1, 0.15) is 12.4 Å². The quantitative estimate of drug-likeness (QED) is 0.870. The smallest absolute Gasteiger partial charge is 0.323 e. The molecule has 2 rings (SSSR count). The van der Waals surface area contributed by atoms with E-state index in [2.05, 4.69) is 10.3 Å². The second kappa shape index (κ2) is 5.26. The number of nitrogens with one attached hydrogen (secondary N) is 1. The Morgan fingerprint density at radius 2 is 2.26 bits per heavy atom. The summed E-state index contributed by atoms with van der Waals surface area (Å²) in [6, 6.07) is 4.14. The molecule has 0 saturated carbocycles. The van der Waals surface area contributed by atoms with Gasteiger partial charge in [-0.05, 0) is 18.1 Å². The van der Waals surface area contributed by atoms with E-state index < -0.39 is 5.97 Å². The van der Waals surface area contributed by atoms with Gasteiger partial charge in [-0.3, -0.25) is 9.36 Å². The molecule has 0 aliphatic carbocycles. The van der Waals surface area contributed by atoms with Gasteiger partial charge in [-0.15, -0.1) is 0 Å². The highest BCUT2D eigenvalue weighted by molar-refractivity contribution is 5.81. The van der Waals surface area contributed by atoms with E-state index in [-0.39, 0.29) is 12.4 Å². The fourth-order valence-corrected chi connectivity index (χ4v) is 1.83. The fourth-order valence-electron chi connectivity index (χ4n) is 1.83. The molecule has 0 fully saturated rings. The number of hydrogen-bond donors (Lipinski definition) is 2. The van der Waals surface area contributed by atoms with Gasteiger partial charge >= 0.3 is 5.97 Å². The number of hydrogen-bond acceptors (Lipinski definition) is 3. The van der Waals surface area contributed by atoms with Gasteiger partial charge in [0.2, 0.25) is 5.95 Å². The SMILES string of the molecule is CC(C)CNc1nc2cc(F)ccc2n1CC(=O)O. The first-order valence-corrected chi connectivity index (χ1v) is 6.09. The number of fused-ring (bicyclic) bond motifs is 1. The summed E-state index contributed by atoms with van der Waals surface area (Å²) >= 11 is 0. The van der Waals surface area contributed by atoms with Gasteiger partial charge in [0.05, 0.1) is 11.0 Å². The van der Waals surface area contributed by atoms with Crippen LogP contribution in [0.15, 0.2) is 18.2 Å². The number of carboxylic acid groups (broad SMARTS) is 1. The van der Waals surface area contributed by atoms with E-state index in [1.807, 2.05) is 13.8 Å². The number of aliphatic carboxylic acids is 1. The van der Waals surface area contributed by atoms with Crippen molar-refractivity contribution in [3.8, 4) is 0 Å². The van der Waals surface area contributed by atoms with Crippen LogP contribution in [0.3, 0.4) is 0 Å². The maximum absolute atomic E-state index is 13.2. The number of aromatic nitrogens is 2. The highest BCUT2D eigenvalue weighted by atomic mass is 19.1. The minimum absolute atomic E-state index is 0.206. The Balaban J connectivity index is 2.44. The van der Waals surface area contributed by atoms with Crippen LogP contribution in [0.5, 0.6) is 0 Å². The predicted octanol–water partition coefficient (Wildman–Crippen LogP) is 2.33. The van der Waals surface area contributed by atoms with Crippen LogP contribution in [-0.4, -0.2) is 27.2 Å². The van der Waals surface area contributed by atoms with Crippen LogP contribution in [0.4, 0.5) is 10.3 Å². The molecule has 2 aromatic rings. The summed E-state index contributed by atoms with van der Waals surface area (Å²) in [4.78, 5) is 15.2. The van der Waals surface area contributed by atoms with Gasteiger partial charge in [0, 0.05) is 12.6 Å². The number of benzene rings is 1. The van der Waals surface area contributed by atoms with Gasteiger partial charge < -0.3 is 10.4 Å². The van der Waals surface area contributed by atoms with Crippen molar-refractivity contribution < 1.29 is 14.3 Å². The molecule has 0 unspecified atom stereocenters. The van der Waals surface area contributed by atoms with Crippen molar-refractivity contribution in [2.45, 2.75) is 20.4 Å². The molecule has 0 amide bonds. The second-order valence-corrected chi connectivity index (χ2v) is 4.82. The summed E-state index contributed by atoms with van der Waals surface area (Å²) < 4.78 is 14.7. The van der Waals surface area contributed by atoms with Crippen molar-refractivity contribution in [2.24, 2.45) is 5.92 Å². The Kier molecular flexibility index (Phi) is 3.69. The number of anilines is 1. The first-order chi connectivity index (χ1) is 8.97. The molecule has 19 heavy (non-hydrogen) atoms. The molecule has 0 bridgehead atoms. The average molecular weight is 265 g/mol. The zero-order valence-electron chi connectivity index (χ0n) is 10.9. The molecule has 0 atom stereocenters. The Hall–Kier alpha value is -2.11. The molecule has 0 aliphatic rings. The van der Waals surface area contributed by atoms with Gasteiger partial charge in [-0.2, -0.15) is 0 Å². The van der Waals surface area contributed by atoms with Crippen molar-refractivity contribution in [1.29, 1.82) is 0 Å². The largest absolute Gasteiger partial charge is 0.480 e. The summed E-state index contributed by atoms with van der Waals surface area (Å²) in [6.45, 7) is 4.54. The van der Waals surface area contributed by atoms with Crippen LogP contribution >= 0.6 is 0 Å². The molecule has 0 aliphatic heterocycles. The Bertz CT molecular complexity index is 607. The lowest BCUT2D eigenvalue weighted by atomic mass is 10.2. The fraction of sp³-hybridized carbons (Fsp3) is 0.385. The zero-order chi connectivity index (χ0) is 14.0. The summed E-state index contributed by atoms with van der Waals surface area (Å²) in [5, 5.41) is 12.0. The van der Waals surface area contributed by atoms with E-state index in [1.165, 1.54) is 12.1 Å². The molecular weight excluding hydrogens is 249 g/mol. The Morgan fingerprint density at radius 3 is 2.89 bits per heavy atom. The summed E-state index contributed by atoms with van der Waals surface area (Å²) in [5.41, 5.74) is 1.06. The first-order valence-electron chi connectivity index (χ1n) is 6.09. The number of carbonyl (C=O) groups is 1. The lowest BCUT2D eigenvalue weighted by molar-refractivity contribution is -0.137. The molecule has 2 N–H and O–H groups in total. The van der Waals surface area contributed by atoms with Crippen molar-refractivity contribution >= 4 is 23.0 Å². The third-order valence-electron chi connectivity index (χ3n) is 2.67. The van der Waals surface area contributed by atoms with Crippen LogP contribution in [0, 0.1) is 11.7 Å². The van der Waals surface area contributed by atoms with Crippen LogP contribution in [-0.2, 0) is 11.3 Å². The molecule has 1 aromatic heterocycles. The number of carboxylic acids is 1. The van der Waals surface area contributed by atoms with E-state index in [4.69, 9.17) is 5.11 Å². The molecule has 0 saturated heterocycles. The first kappa shape index (κ1) is 13.3. The van der Waals surface area contributed by atoms with Gasteiger partial charge in [-0.25, -0.2) is 9.37 Å². The average Bonchev–Trinajstić information content (AvgIpc) is 2.63. The zero-order valence-corrected chi connectivity index (χ0v) is 10.9. The maximum Gasteiger partial charge on any atom is 0.323 e. The normalized spacial score (nSPS) is 11.2. The van der Waals surface area contributed by atoms with Crippen LogP contribution in [0.25, 0.3) is 11.0 Å². The summed E-state index contributed by atoms with van der Waals surface area (Å²) in [7, 11) is 0. The van der Waals surface area contributed by atoms with Crippen LogP contribution in [0.1, 0.15) is 13.8 Å². The van der Waals surface area contributed by atoms with E-state index in [0.29, 0.717) is 29.4 Å². The lowest BCUT2D eigenvalue weighted by Gasteiger charge is -2.10. The lowest BCUT2D eigenvalue weighted by Crippen LogP contribution is -2.16. The molecule has 6 heteroatoms.